The SMILES string of the molecule is Clc1ccc(N2CCN(CCC3OCCCO3)CC2)cc1Cl. The van der Waals surface area contributed by atoms with Crippen LogP contribution >= 0.6 is 23.2 Å². The molecule has 2 aliphatic rings. The number of ether oxygens (including phenoxy) is 2. The zero-order valence-electron chi connectivity index (χ0n) is 12.6. The highest BCUT2D eigenvalue weighted by Crippen LogP contribution is 2.27. The second-order valence-electron chi connectivity index (χ2n) is 5.74. The highest BCUT2D eigenvalue weighted by molar-refractivity contribution is 6.42. The van der Waals surface area contributed by atoms with Crippen molar-refractivity contribution in [3.05, 3.63) is 28.2 Å². The summed E-state index contributed by atoms with van der Waals surface area (Å²) in [7, 11) is 0. The first-order valence-corrected chi connectivity index (χ1v) is 8.63. The van der Waals surface area contributed by atoms with Crippen molar-refractivity contribution in [3.8, 4) is 0 Å². The average Bonchev–Trinajstić information content (AvgIpc) is 2.57. The molecule has 2 fully saturated rings. The van der Waals surface area contributed by atoms with E-state index in [-0.39, 0.29) is 6.29 Å². The minimum absolute atomic E-state index is 0.0122. The van der Waals surface area contributed by atoms with E-state index in [1.54, 1.807) is 0 Å². The summed E-state index contributed by atoms with van der Waals surface area (Å²) < 4.78 is 11.2. The van der Waals surface area contributed by atoms with Crippen LogP contribution in [0.1, 0.15) is 12.8 Å². The van der Waals surface area contributed by atoms with E-state index in [1.807, 2.05) is 18.2 Å². The fourth-order valence-electron chi connectivity index (χ4n) is 2.90. The molecule has 0 spiro atoms. The molecule has 4 nitrogen and oxygen atoms in total. The van der Waals surface area contributed by atoms with Gasteiger partial charge >= 0.3 is 0 Å². The number of nitrogens with zero attached hydrogens (tertiary/aromatic N) is 2. The third-order valence-corrected chi connectivity index (χ3v) is 4.96. The van der Waals surface area contributed by atoms with Crippen molar-refractivity contribution in [2.75, 3.05) is 50.8 Å². The molecule has 1 aromatic rings. The monoisotopic (exact) mass is 344 g/mol. The molecule has 0 amide bonds. The Bertz CT molecular complexity index is 487. The molecule has 1 aromatic carbocycles. The Kier molecular flexibility index (Phi) is 5.83. The third kappa shape index (κ3) is 4.27. The van der Waals surface area contributed by atoms with Gasteiger partial charge in [0.15, 0.2) is 6.29 Å². The number of rotatable bonds is 4. The van der Waals surface area contributed by atoms with Crippen molar-refractivity contribution in [2.24, 2.45) is 0 Å². The Labute approximate surface area is 141 Å². The predicted molar refractivity (Wildman–Crippen MR) is 90.0 cm³/mol. The number of hydrogen-bond acceptors (Lipinski definition) is 4. The molecule has 3 rings (SSSR count). The normalized spacial score (nSPS) is 21.3. The summed E-state index contributed by atoms with van der Waals surface area (Å²) in [6.45, 7) is 6.79. The molecule has 0 bridgehead atoms. The Hall–Kier alpha value is -0.520. The van der Waals surface area contributed by atoms with Gasteiger partial charge in [0.05, 0.1) is 23.3 Å². The first kappa shape index (κ1) is 16.3. The molecule has 0 aromatic heterocycles. The summed E-state index contributed by atoms with van der Waals surface area (Å²) in [5, 5.41) is 1.23. The van der Waals surface area contributed by atoms with Crippen molar-refractivity contribution in [2.45, 2.75) is 19.1 Å². The Morgan fingerprint density at radius 2 is 1.73 bits per heavy atom. The van der Waals surface area contributed by atoms with E-state index in [0.29, 0.717) is 10.0 Å². The maximum Gasteiger partial charge on any atom is 0.158 e. The molecule has 0 saturated carbocycles. The molecular formula is C16H22Cl2N2O2. The second-order valence-corrected chi connectivity index (χ2v) is 6.55. The van der Waals surface area contributed by atoms with Crippen molar-refractivity contribution in [3.63, 3.8) is 0 Å². The number of halogens is 2. The molecule has 0 radical (unpaired) electrons. The van der Waals surface area contributed by atoms with E-state index in [2.05, 4.69) is 9.80 Å². The van der Waals surface area contributed by atoms with Crippen molar-refractivity contribution < 1.29 is 9.47 Å². The predicted octanol–water partition coefficient (Wildman–Crippen LogP) is 3.27. The van der Waals surface area contributed by atoms with Crippen LogP contribution < -0.4 is 4.90 Å². The smallest absolute Gasteiger partial charge is 0.158 e. The van der Waals surface area contributed by atoms with Crippen LogP contribution in [0, 0.1) is 0 Å². The second kappa shape index (κ2) is 7.84. The van der Waals surface area contributed by atoms with E-state index < -0.39 is 0 Å². The first-order valence-electron chi connectivity index (χ1n) is 7.88. The summed E-state index contributed by atoms with van der Waals surface area (Å²) in [5.41, 5.74) is 1.15. The van der Waals surface area contributed by atoms with Gasteiger partial charge in [0.25, 0.3) is 0 Å². The lowest BCUT2D eigenvalue weighted by Crippen LogP contribution is -2.47. The van der Waals surface area contributed by atoms with Crippen LogP contribution in [0.5, 0.6) is 0 Å². The van der Waals surface area contributed by atoms with E-state index >= 15 is 0 Å². The van der Waals surface area contributed by atoms with Gasteiger partial charge in [-0.3, -0.25) is 4.90 Å². The molecule has 2 heterocycles. The summed E-state index contributed by atoms with van der Waals surface area (Å²) in [4.78, 5) is 4.82. The summed E-state index contributed by atoms with van der Waals surface area (Å²) >= 11 is 12.1. The van der Waals surface area contributed by atoms with Crippen LogP contribution in [-0.2, 0) is 9.47 Å². The van der Waals surface area contributed by atoms with Crippen molar-refractivity contribution in [1.29, 1.82) is 0 Å². The van der Waals surface area contributed by atoms with Crippen molar-refractivity contribution >= 4 is 28.9 Å². The van der Waals surface area contributed by atoms with Crippen LogP contribution in [0.15, 0.2) is 18.2 Å². The summed E-state index contributed by atoms with van der Waals surface area (Å²) in [5.74, 6) is 0. The number of piperazine rings is 1. The van der Waals surface area contributed by atoms with E-state index in [0.717, 1.165) is 64.5 Å². The van der Waals surface area contributed by atoms with Gasteiger partial charge in [0.1, 0.15) is 0 Å². The fourth-order valence-corrected chi connectivity index (χ4v) is 3.19. The van der Waals surface area contributed by atoms with Crippen LogP contribution in [0.25, 0.3) is 0 Å². The molecule has 6 heteroatoms. The van der Waals surface area contributed by atoms with Gasteiger partial charge in [-0.1, -0.05) is 23.2 Å². The number of benzene rings is 1. The minimum Gasteiger partial charge on any atom is -0.369 e. The van der Waals surface area contributed by atoms with E-state index in [4.69, 9.17) is 32.7 Å². The lowest BCUT2D eigenvalue weighted by molar-refractivity contribution is -0.182. The third-order valence-electron chi connectivity index (χ3n) is 4.22. The maximum absolute atomic E-state index is 6.10. The fraction of sp³-hybridized carbons (Fsp3) is 0.625. The zero-order valence-corrected chi connectivity index (χ0v) is 14.2. The molecule has 122 valence electrons. The minimum atomic E-state index is -0.0122. The maximum atomic E-state index is 6.10. The average molecular weight is 345 g/mol. The molecule has 0 aliphatic carbocycles. The van der Waals surface area contributed by atoms with Gasteiger partial charge in [-0.25, -0.2) is 0 Å². The Morgan fingerprint density at radius 1 is 1.00 bits per heavy atom. The lowest BCUT2D eigenvalue weighted by Gasteiger charge is -2.37. The van der Waals surface area contributed by atoms with Crippen molar-refractivity contribution in [1.82, 2.24) is 4.90 Å². The van der Waals surface area contributed by atoms with Gasteiger partial charge in [-0.15, -0.1) is 0 Å². The van der Waals surface area contributed by atoms with Crippen LogP contribution in [0.3, 0.4) is 0 Å². The van der Waals surface area contributed by atoms with Crippen LogP contribution in [-0.4, -0.2) is 57.1 Å². The largest absolute Gasteiger partial charge is 0.369 e. The molecule has 2 saturated heterocycles. The highest BCUT2D eigenvalue weighted by Gasteiger charge is 2.20. The zero-order chi connectivity index (χ0) is 15.4. The molecule has 0 N–H and O–H groups in total. The molecular weight excluding hydrogens is 323 g/mol. The quantitative estimate of drug-likeness (QED) is 0.836. The Morgan fingerprint density at radius 3 is 2.41 bits per heavy atom. The standard InChI is InChI=1S/C16H22Cl2N2O2/c17-14-3-2-13(12-15(14)18)20-8-6-19(7-9-20)5-4-16-21-10-1-11-22-16/h2-3,12,16H,1,4-11H2. The lowest BCUT2D eigenvalue weighted by atomic mass is 10.2. The van der Waals surface area contributed by atoms with Gasteiger partial charge in [0.2, 0.25) is 0 Å². The van der Waals surface area contributed by atoms with Gasteiger partial charge in [-0.2, -0.15) is 0 Å². The molecule has 0 unspecified atom stereocenters. The van der Waals surface area contributed by atoms with Gasteiger partial charge in [0, 0.05) is 44.8 Å². The number of hydrogen-bond donors (Lipinski definition) is 0. The molecule has 0 atom stereocenters. The topological polar surface area (TPSA) is 24.9 Å². The van der Waals surface area contributed by atoms with Gasteiger partial charge in [-0.05, 0) is 24.6 Å². The summed E-state index contributed by atoms with van der Waals surface area (Å²) in [6, 6.07) is 5.85. The Balaban J connectivity index is 1.44. The van der Waals surface area contributed by atoms with E-state index in [1.165, 1.54) is 0 Å². The highest BCUT2D eigenvalue weighted by atomic mass is 35.5. The number of anilines is 1. The molecule has 22 heavy (non-hydrogen) atoms. The van der Waals surface area contributed by atoms with E-state index in [9.17, 15) is 0 Å². The van der Waals surface area contributed by atoms with Crippen LogP contribution in [0.4, 0.5) is 5.69 Å². The van der Waals surface area contributed by atoms with Gasteiger partial charge < -0.3 is 14.4 Å². The first-order chi connectivity index (χ1) is 10.7. The van der Waals surface area contributed by atoms with Crippen LogP contribution in [0.2, 0.25) is 10.0 Å². The summed E-state index contributed by atoms with van der Waals surface area (Å²) in [6.07, 6.45) is 1.95. The molecule has 2 aliphatic heterocycles.